The van der Waals surface area contributed by atoms with Crippen LogP contribution in [0.5, 0.6) is 5.75 Å². The number of hydrogen-bond acceptors (Lipinski definition) is 2. The highest BCUT2D eigenvalue weighted by Crippen LogP contribution is 2.49. The fourth-order valence-electron chi connectivity index (χ4n) is 4.11. The Morgan fingerprint density at radius 1 is 1.22 bits per heavy atom. The number of rotatable bonds is 4. The van der Waals surface area contributed by atoms with E-state index in [1.165, 1.54) is 37.8 Å². The molecule has 0 aromatic heterocycles. The van der Waals surface area contributed by atoms with Crippen molar-refractivity contribution in [2.24, 2.45) is 17.8 Å². The molecule has 0 saturated heterocycles. The van der Waals surface area contributed by atoms with Gasteiger partial charge in [-0.3, -0.25) is 4.79 Å². The van der Waals surface area contributed by atoms with Gasteiger partial charge in [-0.25, -0.2) is 0 Å². The van der Waals surface area contributed by atoms with Gasteiger partial charge in [0.1, 0.15) is 5.75 Å². The Labute approximate surface area is 133 Å². The Morgan fingerprint density at radius 2 is 1.91 bits per heavy atom. The Hall–Kier alpha value is -1.72. The van der Waals surface area contributed by atoms with E-state index < -0.39 is 6.36 Å². The monoisotopic (exact) mass is 327 g/mol. The van der Waals surface area contributed by atoms with E-state index in [4.69, 9.17) is 0 Å². The van der Waals surface area contributed by atoms with E-state index in [2.05, 4.69) is 10.1 Å². The summed E-state index contributed by atoms with van der Waals surface area (Å²) in [6, 6.07) is 5.10. The van der Waals surface area contributed by atoms with Gasteiger partial charge in [0, 0.05) is 11.6 Å². The lowest BCUT2D eigenvalue weighted by molar-refractivity contribution is -0.274. The number of carbonyl (C=O) groups is 1. The van der Waals surface area contributed by atoms with Gasteiger partial charge in [0.25, 0.3) is 5.91 Å². The van der Waals surface area contributed by atoms with Gasteiger partial charge in [-0.15, -0.1) is 13.2 Å². The molecule has 1 aromatic rings. The molecule has 4 atom stereocenters. The summed E-state index contributed by atoms with van der Waals surface area (Å²) in [6.07, 6.45) is 0.278. The zero-order valence-corrected chi connectivity index (χ0v) is 12.9. The van der Waals surface area contributed by atoms with E-state index in [1.807, 2.05) is 6.92 Å². The zero-order valence-electron chi connectivity index (χ0n) is 12.9. The molecular formula is C17H20F3NO2. The Morgan fingerprint density at radius 3 is 2.43 bits per heavy atom. The molecule has 0 radical (unpaired) electrons. The molecule has 126 valence electrons. The molecule has 0 unspecified atom stereocenters. The molecular weight excluding hydrogens is 307 g/mol. The molecule has 0 heterocycles. The summed E-state index contributed by atoms with van der Waals surface area (Å²) < 4.78 is 40.2. The van der Waals surface area contributed by atoms with Gasteiger partial charge in [0.2, 0.25) is 0 Å². The Balaban J connectivity index is 1.57. The third-order valence-corrected chi connectivity index (χ3v) is 5.14. The van der Waals surface area contributed by atoms with Crippen molar-refractivity contribution in [1.29, 1.82) is 0 Å². The number of carbonyl (C=O) groups excluding carboxylic acids is 1. The first-order valence-corrected chi connectivity index (χ1v) is 7.98. The Bertz CT molecular complexity index is 570. The molecule has 0 aliphatic heterocycles. The second-order valence-corrected chi connectivity index (χ2v) is 6.67. The van der Waals surface area contributed by atoms with Gasteiger partial charge in [-0.2, -0.15) is 0 Å². The average molecular weight is 327 g/mol. The van der Waals surface area contributed by atoms with Gasteiger partial charge in [-0.1, -0.05) is 6.42 Å². The predicted octanol–water partition coefficient (Wildman–Crippen LogP) is 4.14. The lowest BCUT2D eigenvalue weighted by Gasteiger charge is -2.28. The van der Waals surface area contributed by atoms with Crippen LogP contribution in [0.1, 0.15) is 43.0 Å². The fourth-order valence-corrected chi connectivity index (χ4v) is 4.11. The van der Waals surface area contributed by atoms with Crippen molar-refractivity contribution in [3.05, 3.63) is 29.8 Å². The first-order valence-electron chi connectivity index (χ1n) is 7.98. The van der Waals surface area contributed by atoms with E-state index >= 15 is 0 Å². The molecule has 2 saturated carbocycles. The molecule has 2 fully saturated rings. The molecule has 3 nitrogen and oxygen atoms in total. The van der Waals surface area contributed by atoms with Crippen molar-refractivity contribution in [2.45, 2.75) is 45.0 Å². The number of amides is 1. The van der Waals surface area contributed by atoms with E-state index in [-0.39, 0.29) is 17.7 Å². The molecule has 1 N–H and O–H groups in total. The van der Waals surface area contributed by atoms with Crippen LogP contribution in [0, 0.1) is 17.8 Å². The minimum absolute atomic E-state index is 0.0869. The topological polar surface area (TPSA) is 38.3 Å². The molecule has 6 heteroatoms. The van der Waals surface area contributed by atoms with Gasteiger partial charge < -0.3 is 10.1 Å². The lowest BCUT2D eigenvalue weighted by atomic mass is 9.84. The lowest BCUT2D eigenvalue weighted by Crippen LogP contribution is -2.40. The molecule has 2 aliphatic rings. The molecule has 0 spiro atoms. The van der Waals surface area contributed by atoms with Crippen LogP contribution < -0.4 is 10.1 Å². The predicted molar refractivity (Wildman–Crippen MR) is 79.0 cm³/mol. The van der Waals surface area contributed by atoms with Gasteiger partial charge in [0.15, 0.2) is 0 Å². The molecule has 23 heavy (non-hydrogen) atoms. The van der Waals surface area contributed by atoms with Crippen molar-refractivity contribution in [3.8, 4) is 5.75 Å². The third kappa shape index (κ3) is 3.79. The van der Waals surface area contributed by atoms with E-state index in [9.17, 15) is 18.0 Å². The van der Waals surface area contributed by atoms with Crippen LogP contribution in [-0.4, -0.2) is 18.3 Å². The highest BCUT2D eigenvalue weighted by Gasteiger charge is 2.42. The first-order chi connectivity index (χ1) is 10.8. The number of hydrogen-bond donors (Lipinski definition) is 1. The van der Waals surface area contributed by atoms with Gasteiger partial charge in [0.05, 0.1) is 0 Å². The van der Waals surface area contributed by atoms with E-state index in [0.717, 1.165) is 18.1 Å². The number of benzene rings is 1. The number of alkyl halides is 3. The molecule has 1 aromatic carbocycles. The average Bonchev–Trinajstić information content (AvgIpc) is 3.08. The van der Waals surface area contributed by atoms with Crippen LogP contribution in [0.3, 0.4) is 0 Å². The highest BCUT2D eigenvalue weighted by atomic mass is 19.4. The largest absolute Gasteiger partial charge is 0.573 e. The second kappa shape index (κ2) is 6.06. The maximum atomic E-state index is 12.2. The van der Waals surface area contributed by atoms with Crippen LogP contribution in [-0.2, 0) is 0 Å². The molecule has 2 bridgehead atoms. The zero-order chi connectivity index (χ0) is 16.6. The highest BCUT2D eigenvalue weighted by molar-refractivity contribution is 5.94. The minimum Gasteiger partial charge on any atom is -0.406 e. The van der Waals surface area contributed by atoms with Crippen molar-refractivity contribution in [1.82, 2.24) is 5.32 Å². The summed E-state index contributed by atoms with van der Waals surface area (Å²) in [7, 11) is 0. The summed E-state index contributed by atoms with van der Waals surface area (Å²) in [4.78, 5) is 12.2. The first kappa shape index (κ1) is 16.1. The van der Waals surface area contributed by atoms with E-state index in [1.54, 1.807) is 0 Å². The molecule has 1 amide bonds. The van der Waals surface area contributed by atoms with Crippen molar-refractivity contribution in [2.75, 3.05) is 0 Å². The molecule has 3 rings (SSSR count). The SMILES string of the molecule is C[C@H](NC(=O)c1ccc(OC(F)(F)F)cc1)[C@@H]1C[C@H]2CC[C@H]1C2. The van der Waals surface area contributed by atoms with Gasteiger partial charge >= 0.3 is 6.36 Å². The quantitative estimate of drug-likeness (QED) is 0.902. The summed E-state index contributed by atoms with van der Waals surface area (Å²) in [5, 5.41) is 2.99. The van der Waals surface area contributed by atoms with Crippen molar-refractivity contribution >= 4 is 5.91 Å². The number of nitrogens with one attached hydrogen (secondary N) is 1. The maximum Gasteiger partial charge on any atom is 0.573 e. The third-order valence-electron chi connectivity index (χ3n) is 5.14. The number of fused-ring (bicyclic) bond motifs is 2. The number of ether oxygens (including phenoxy) is 1. The van der Waals surface area contributed by atoms with Crippen LogP contribution in [0.2, 0.25) is 0 Å². The fraction of sp³-hybridized carbons (Fsp3) is 0.588. The van der Waals surface area contributed by atoms with Crippen LogP contribution in [0.15, 0.2) is 24.3 Å². The minimum atomic E-state index is -4.72. The van der Waals surface area contributed by atoms with Gasteiger partial charge in [-0.05, 0) is 68.2 Å². The van der Waals surface area contributed by atoms with E-state index in [0.29, 0.717) is 17.4 Å². The standard InChI is InChI=1S/C17H20F3NO2/c1-10(15-9-11-2-3-13(15)8-11)21-16(22)12-4-6-14(7-5-12)23-17(18,19)20/h4-7,10-11,13,15H,2-3,8-9H2,1H3,(H,21,22)/t10-,11-,13-,15-/m0/s1. The summed E-state index contributed by atoms with van der Waals surface area (Å²) in [6.45, 7) is 2.02. The van der Waals surface area contributed by atoms with Crippen molar-refractivity contribution < 1.29 is 22.7 Å². The van der Waals surface area contributed by atoms with Crippen LogP contribution in [0.4, 0.5) is 13.2 Å². The van der Waals surface area contributed by atoms with Crippen LogP contribution in [0.25, 0.3) is 0 Å². The van der Waals surface area contributed by atoms with Crippen molar-refractivity contribution in [3.63, 3.8) is 0 Å². The Kier molecular flexibility index (Phi) is 4.25. The molecule has 2 aliphatic carbocycles. The summed E-state index contributed by atoms with van der Waals surface area (Å²) in [5.74, 6) is 1.46. The van der Waals surface area contributed by atoms with Crippen LogP contribution >= 0.6 is 0 Å². The summed E-state index contributed by atoms with van der Waals surface area (Å²) in [5.41, 5.74) is 0.342. The second-order valence-electron chi connectivity index (χ2n) is 6.67. The normalized spacial score (nSPS) is 27.7. The maximum absolute atomic E-state index is 12.2. The summed E-state index contributed by atoms with van der Waals surface area (Å²) >= 11 is 0. The smallest absolute Gasteiger partial charge is 0.406 e. The number of halogens is 3.